The summed E-state index contributed by atoms with van der Waals surface area (Å²) in [6.45, 7) is 4.72. The third-order valence-corrected chi connectivity index (χ3v) is 4.00. The van der Waals surface area contributed by atoms with Gasteiger partial charge in [0, 0.05) is 24.7 Å². The number of fused-ring (bicyclic) bond motifs is 1. The minimum atomic E-state index is 0.0536. The number of rotatable bonds is 1. The molecule has 2 fully saturated rings. The molecule has 17 heavy (non-hydrogen) atoms. The lowest BCUT2D eigenvalue weighted by Gasteiger charge is -2.34. The zero-order valence-electron chi connectivity index (χ0n) is 10.1. The molecule has 0 aliphatic carbocycles. The Bertz CT molecular complexity index is 427. The molecule has 2 unspecified atom stereocenters. The second kappa shape index (κ2) is 4.18. The van der Waals surface area contributed by atoms with Crippen LogP contribution in [-0.2, 0) is 0 Å². The van der Waals surface area contributed by atoms with E-state index < -0.39 is 0 Å². The third-order valence-electron chi connectivity index (χ3n) is 4.00. The average Bonchev–Trinajstić information content (AvgIpc) is 2.95. The van der Waals surface area contributed by atoms with Gasteiger partial charge < -0.3 is 14.6 Å². The summed E-state index contributed by atoms with van der Waals surface area (Å²) in [4.78, 5) is 14.2. The number of hydrogen-bond acceptors (Lipinski definition) is 3. The maximum Gasteiger partial charge on any atom is 0.289 e. The number of amides is 1. The monoisotopic (exact) mass is 234 g/mol. The van der Waals surface area contributed by atoms with Crippen molar-refractivity contribution in [3.8, 4) is 0 Å². The second-order valence-corrected chi connectivity index (χ2v) is 5.08. The van der Waals surface area contributed by atoms with Crippen LogP contribution in [0.15, 0.2) is 16.7 Å². The summed E-state index contributed by atoms with van der Waals surface area (Å²) in [5, 5.41) is 3.50. The van der Waals surface area contributed by atoms with Crippen LogP contribution in [0.2, 0.25) is 0 Å². The number of furan rings is 1. The molecule has 0 saturated carbocycles. The maximum atomic E-state index is 12.3. The number of hydrogen-bond donors (Lipinski definition) is 1. The smallest absolute Gasteiger partial charge is 0.289 e. The number of carbonyl (C=O) groups is 1. The third kappa shape index (κ3) is 1.86. The van der Waals surface area contributed by atoms with Crippen molar-refractivity contribution in [2.45, 2.75) is 25.8 Å². The Balaban J connectivity index is 1.73. The van der Waals surface area contributed by atoms with Gasteiger partial charge in [0.15, 0.2) is 5.76 Å². The molecule has 1 aromatic rings. The van der Waals surface area contributed by atoms with Crippen LogP contribution in [0.3, 0.4) is 0 Å². The molecule has 3 rings (SSSR count). The normalized spacial score (nSPS) is 28.2. The molecule has 2 atom stereocenters. The summed E-state index contributed by atoms with van der Waals surface area (Å²) in [6.07, 6.45) is 3.84. The molecule has 1 aromatic heterocycles. The van der Waals surface area contributed by atoms with Gasteiger partial charge in [0.25, 0.3) is 5.91 Å². The highest BCUT2D eigenvalue weighted by Gasteiger charge is 2.35. The van der Waals surface area contributed by atoms with Crippen molar-refractivity contribution in [1.82, 2.24) is 10.2 Å². The number of nitrogens with one attached hydrogen (secondary N) is 1. The van der Waals surface area contributed by atoms with Crippen molar-refractivity contribution in [3.63, 3.8) is 0 Å². The van der Waals surface area contributed by atoms with Gasteiger partial charge >= 0.3 is 0 Å². The molecule has 4 nitrogen and oxygen atoms in total. The first kappa shape index (κ1) is 10.8. The SMILES string of the molecule is Cc1ccoc1C(=O)N1CCC2NCCC2C1. The van der Waals surface area contributed by atoms with Gasteiger partial charge in [0.2, 0.25) is 0 Å². The van der Waals surface area contributed by atoms with Gasteiger partial charge in [-0.05, 0) is 38.3 Å². The Morgan fingerprint density at radius 1 is 1.53 bits per heavy atom. The maximum absolute atomic E-state index is 12.3. The molecule has 2 aliphatic heterocycles. The Morgan fingerprint density at radius 3 is 3.18 bits per heavy atom. The number of nitrogens with zero attached hydrogens (tertiary/aromatic N) is 1. The van der Waals surface area contributed by atoms with Crippen LogP contribution < -0.4 is 5.32 Å². The van der Waals surface area contributed by atoms with E-state index in [-0.39, 0.29) is 5.91 Å². The van der Waals surface area contributed by atoms with E-state index in [9.17, 15) is 4.79 Å². The highest BCUT2D eigenvalue weighted by molar-refractivity contribution is 5.92. The van der Waals surface area contributed by atoms with E-state index in [1.165, 1.54) is 6.42 Å². The lowest BCUT2D eigenvalue weighted by atomic mass is 9.93. The van der Waals surface area contributed by atoms with Crippen LogP contribution in [-0.4, -0.2) is 36.5 Å². The minimum absolute atomic E-state index is 0.0536. The summed E-state index contributed by atoms with van der Waals surface area (Å²) in [6, 6.07) is 2.47. The number of aryl methyl sites for hydroxylation is 1. The van der Waals surface area contributed by atoms with Crippen LogP contribution >= 0.6 is 0 Å². The molecule has 2 saturated heterocycles. The van der Waals surface area contributed by atoms with Crippen molar-refractivity contribution in [1.29, 1.82) is 0 Å². The van der Waals surface area contributed by atoms with Crippen molar-refractivity contribution < 1.29 is 9.21 Å². The Labute approximate surface area is 101 Å². The van der Waals surface area contributed by atoms with Gasteiger partial charge in [-0.3, -0.25) is 4.79 Å². The van der Waals surface area contributed by atoms with Gasteiger partial charge in [-0.25, -0.2) is 0 Å². The first-order valence-electron chi connectivity index (χ1n) is 6.32. The van der Waals surface area contributed by atoms with Gasteiger partial charge in [0.1, 0.15) is 0 Å². The summed E-state index contributed by atoms with van der Waals surface area (Å²) in [7, 11) is 0. The molecule has 2 aliphatic rings. The fraction of sp³-hybridized carbons (Fsp3) is 0.615. The predicted molar refractivity (Wildman–Crippen MR) is 63.9 cm³/mol. The summed E-state index contributed by atoms with van der Waals surface area (Å²) in [5.74, 6) is 1.19. The van der Waals surface area contributed by atoms with Gasteiger partial charge in [-0.15, -0.1) is 0 Å². The van der Waals surface area contributed by atoms with Crippen molar-refractivity contribution >= 4 is 5.91 Å². The first-order chi connectivity index (χ1) is 8.25. The lowest BCUT2D eigenvalue weighted by Crippen LogP contribution is -2.46. The summed E-state index contributed by atoms with van der Waals surface area (Å²) in [5.41, 5.74) is 0.932. The Morgan fingerprint density at radius 2 is 2.41 bits per heavy atom. The van der Waals surface area contributed by atoms with E-state index in [4.69, 9.17) is 4.42 Å². The molecule has 0 bridgehead atoms. The van der Waals surface area contributed by atoms with E-state index in [2.05, 4.69) is 5.32 Å². The molecule has 3 heterocycles. The zero-order chi connectivity index (χ0) is 11.8. The van der Waals surface area contributed by atoms with Crippen molar-refractivity contribution in [2.75, 3.05) is 19.6 Å². The summed E-state index contributed by atoms with van der Waals surface area (Å²) >= 11 is 0. The van der Waals surface area contributed by atoms with Gasteiger partial charge in [-0.2, -0.15) is 0 Å². The van der Waals surface area contributed by atoms with Crippen LogP contribution in [0.4, 0.5) is 0 Å². The Hall–Kier alpha value is -1.29. The zero-order valence-corrected chi connectivity index (χ0v) is 10.1. The highest BCUT2D eigenvalue weighted by Crippen LogP contribution is 2.26. The lowest BCUT2D eigenvalue weighted by molar-refractivity contribution is 0.0629. The fourth-order valence-electron chi connectivity index (χ4n) is 2.97. The van der Waals surface area contributed by atoms with Crippen LogP contribution in [0.5, 0.6) is 0 Å². The van der Waals surface area contributed by atoms with Crippen molar-refractivity contribution in [2.24, 2.45) is 5.92 Å². The molecule has 0 aromatic carbocycles. The standard InChI is InChI=1S/C13H18N2O2/c1-9-4-7-17-12(9)13(16)15-6-3-11-10(8-15)2-5-14-11/h4,7,10-11,14H,2-3,5-6,8H2,1H3. The first-order valence-corrected chi connectivity index (χ1v) is 6.32. The predicted octanol–water partition coefficient (Wildman–Crippen LogP) is 1.41. The van der Waals surface area contributed by atoms with E-state index in [0.717, 1.165) is 31.6 Å². The van der Waals surface area contributed by atoms with Crippen LogP contribution in [0, 0.1) is 12.8 Å². The molecule has 4 heteroatoms. The number of piperidine rings is 1. The largest absolute Gasteiger partial charge is 0.459 e. The number of carbonyl (C=O) groups excluding carboxylic acids is 1. The molecule has 1 N–H and O–H groups in total. The van der Waals surface area contributed by atoms with Crippen LogP contribution in [0.1, 0.15) is 29.0 Å². The molecular formula is C13H18N2O2. The number of likely N-dealkylation sites (tertiary alicyclic amines) is 1. The topological polar surface area (TPSA) is 45.5 Å². The highest BCUT2D eigenvalue weighted by atomic mass is 16.3. The quantitative estimate of drug-likeness (QED) is 0.799. The fourth-order valence-corrected chi connectivity index (χ4v) is 2.97. The second-order valence-electron chi connectivity index (χ2n) is 5.08. The minimum Gasteiger partial charge on any atom is -0.459 e. The molecular weight excluding hydrogens is 216 g/mol. The van der Waals surface area contributed by atoms with Crippen molar-refractivity contribution in [3.05, 3.63) is 23.7 Å². The van der Waals surface area contributed by atoms with E-state index in [1.54, 1.807) is 6.26 Å². The Kier molecular flexibility index (Phi) is 2.67. The van der Waals surface area contributed by atoms with Crippen LogP contribution in [0.25, 0.3) is 0 Å². The van der Waals surface area contributed by atoms with Gasteiger partial charge in [-0.1, -0.05) is 0 Å². The van der Waals surface area contributed by atoms with E-state index in [1.807, 2.05) is 17.9 Å². The average molecular weight is 234 g/mol. The molecule has 1 amide bonds. The summed E-state index contributed by atoms with van der Waals surface area (Å²) < 4.78 is 5.28. The van der Waals surface area contributed by atoms with E-state index >= 15 is 0 Å². The molecule has 0 spiro atoms. The molecule has 92 valence electrons. The van der Waals surface area contributed by atoms with E-state index in [0.29, 0.717) is 17.7 Å². The van der Waals surface area contributed by atoms with Gasteiger partial charge in [0.05, 0.1) is 6.26 Å². The molecule has 0 radical (unpaired) electrons.